The molecule has 0 atom stereocenters. The van der Waals surface area contributed by atoms with Crippen molar-refractivity contribution in [1.29, 1.82) is 0 Å². The summed E-state index contributed by atoms with van der Waals surface area (Å²) in [5.41, 5.74) is 5.88. The average molecular weight is 473 g/mol. The first-order valence-electron chi connectivity index (χ1n) is 9.67. The zero-order valence-corrected chi connectivity index (χ0v) is 19.3. The molecule has 1 amide bonds. The molecule has 0 radical (unpaired) electrons. The van der Waals surface area contributed by atoms with Gasteiger partial charge in [-0.15, -0.1) is 0 Å². The first kappa shape index (κ1) is 23.4. The summed E-state index contributed by atoms with van der Waals surface area (Å²) in [7, 11) is 1.59. The van der Waals surface area contributed by atoms with Crippen LogP contribution in [0.2, 0.25) is 10.0 Å². The molecule has 3 rings (SSSR count). The number of hydrazone groups is 1. The minimum atomic E-state index is -0.555. The van der Waals surface area contributed by atoms with Crippen LogP contribution in [-0.4, -0.2) is 24.3 Å². The molecule has 32 heavy (non-hydrogen) atoms. The van der Waals surface area contributed by atoms with Crippen LogP contribution in [0.4, 0.5) is 0 Å². The number of carbonyl (C=O) groups is 1. The second-order valence-corrected chi connectivity index (χ2v) is 7.91. The van der Waals surface area contributed by atoms with Gasteiger partial charge in [0.15, 0.2) is 0 Å². The maximum atomic E-state index is 12.2. The molecule has 8 heteroatoms. The third kappa shape index (κ3) is 5.72. The molecule has 0 saturated heterocycles. The van der Waals surface area contributed by atoms with E-state index >= 15 is 0 Å². The van der Waals surface area contributed by atoms with E-state index in [1.54, 1.807) is 19.2 Å². The van der Waals surface area contributed by atoms with Crippen molar-refractivity contribution in [2.75, 3.05) is 7.11 Å². The van der Waals surface area contributed by atoms with Crippen molar-refractivity contribution in [2.24, 2.45) is 5.10 Å². The summed E-state index contributed by atoms with van der Waals surface area (Å²) in [4.78, 5) is 12.2. The second kappa shape index (κ2) is 10.4. The number of nitrogens with one attached hydrogen (secondary N) is 1. The molecule has 2 N–H and O–H groups in total. The fraction of sp³-hybridized carbons (Fsp3) is 0.167. The molecule has 0 unspecified atom stereocenters. The van der Waals surface area contributed by atoms with Crippen molar-refractivity contribution in [1.82, 2.24) is 5.43 Å². The van der Waals surface area contributed by atoms with E-state index in [0.717, 1.165) is 27.3 Å². The van der Waals surface area contributed by atoms with Crippen LogP contribution in [0.15, 0.2) is 53.6 Å². The molecule has 0 fully saturated rings. The highest BCUT2D eigenvalue weighted by Gasteiger charge is 2.11. The molecule has 0 heterocycles. The number of ether oxygens (including phenoxy) is 2. The van der Waals surface area contributed by atoms with Crippen LogP contribution in [-0.2, 0) is 6.61 Å². The Morgan fingerprint density at radius 3 is 2.47 bits per heavy atom. The molecular weight excluding hydrogens is 451 g/mol. The number of hydrogen-bond acceptors (Lipinski definition) is 5. The lowest BCUT2D eigenvalue weighted by molar-refractivity contribution is 0.0952. The first-order chi connectivity index (χ1) is 15.3. The van der Waals surface area contributed by atoms with Crippen molar-refractivity contribution in [3.05, 3.63) is 86.4 Å². The number of nitrogens with zero attached hydrogens (tertiary/aromatic N) is 1. The van der Waals surface area contributed by atoms with Gasteiger partial charge >= 0.3 is 0 Å². The van der Waals surface area contributed by atoms with E-state index in [9.17, 15) is 9.90 Å². The largest absolute Gasteiger partial charge is 0.507 e. The van der Waals surface area contributed by atoms with Crippen LogP contribution < -0.4 is 14.9 Å². The summed E-state index contributed by atoms with van der Waals surface area (Å²) in [6.07, 6.45) is 1.49. The number of aryl methyl sites for hydroxylation is 2. The van der Waals surface area contributed by atoms with E-state index < -0.39 is 5.91 Å². The molecule has 0 aliphatic heterocycles. The van der Waals surface area contributed by atoms with Gasteiger partial charge in [-0.05, 0) is 79.1 Å². The van der Waals surface area contributed by atoms with Gasteiger partial charge in [-0.25, -0.2) is 5.43 Å². The van der Waals surface area contributed by atoms with E-state index in [2.05, 4.69) is 10.5 Å². The van der Waals surface area contributed by atoms with Crippen molar-refractivity contribution in [3.63, 3.8) is 0 Å². The molecule has 0 aliphatic carbocycles. The second-order valence-electron chi connectivity index (χ2n) is 7.09. The summed E-state index contributed by atoms with van der Waals surface area (Å²) >= 11 is 12.0. The first-order valence-corrected chi connectivity index (χ1v) is 10.4. The van der Waals surface area contributed by atoms with Gasteiger partial charge in [0, 0.05) is 15.6 Å². The molecule has 6 nitrogen and oxygen atoms in total. The van der Waals surface area contributed by atoms with E-state index in [1.807, 2.05) is 32.0 Å². The molecule has 0 saturated carbocycles. The maximum absolute atomic E-state index is 12.2. The van der Waals surface area contributed by atoms with E-state index in [-0.39, 0.29) is 17.9 Å². The number of phenolic OH excluding ortho intramolecular Hbond substituents is 1. The summed E-state index contributed by atoms with van der Waals surface area (Å²) in [6, 6.07) is 13.4. The average Bonchev–Trinajstić information content (AvgIpc) is 2.76. The Morgan fingerprint density at radius 2 is 1.81 bits per heavy atom. The van der Waals surface area contributed by atoms with Gasteiger partial charge in [0.2, 0.25) is 0 Å². The van der Waals surface area contributed by atoms with Crippen LogP contribution in [0.5, 0.6) is 17.2 Å². The van der Waals surface area contributed by atoms with Gasteiger partial charge in [0.1, 0.15) is 23.9 Å². The minimum absolute atomic E-state index is 0.0731. The van der Waals surface area contributed by atoms with E-state index in [0.29, 0.717) is 16.5 Å². The van der Waals surface area contributed by atoms with Gasteiger partial charge in [-0.1, -0.05) is 23.2 Å². The van der Waals surface area contributed by atoms with Crippen molar-refractivity contribution in [2.45, 2.75) is 20.5 Å². The topological polar surface area (TPSA) is 80.2 Å². The summed E-state index contributed by atoms with van der Waals surface area (Å²) in [5.74, 6) is 0.600. The molecule has 0 aromatic heterocycles. The van der Waals surface area contributed by atoms with Crippen molar-refractivity contribution in [3.8, 4) is 17.2 Å². The van der Waals surface area contributed by atoms with E-state index in [4.69, 9.17) is 32.7 Å². The van der Waals surface area contributed by atoms with Crippen LogP contribution in [0.25, 0.3) is 0 Å². The van der Waals surface area contributed by atoms with Crippen LogP contribution in [0, 0.1) is 13.8 Å². The third-order valence-corrected chi connectivity index (χ3v) is 5.52. The fourth-order valence-corrected chi connectivity index (χ4v) is 3.34. The lowest BCUT2D eigenvalue weighted by Crippen LogP contribution is -2.17. The number of benzene rings is 3. The lowest BCUT2D eigenvalue weighted by Gasteiger charge is -2.13. The molecule has 3 aromatic carbocycles. The predicted molar refractivity (Wildman–Crippen MR) is 126 cm³/mol. The van der Waals surface area contributed by atoms with E-state index in [1.165, 1.54) is 24.4 Å². The van der Waals surface area contributed by atoms with Gasteiger partial charge in [0.25, 0.3) is 5.91 Å². The lowest BCUT2D eigenvalue weighted by atomic mass is 10.1. The Morgan fingerprint density at radius 1 is 1.09 bits per heavy atom. The van der Waals surface area contributed by atoms with Gasteiger partial charge in [-0.2, -0.15) is 5.10 Å². The Balaban J connectivity index is 1.70. The SMILES string of the molecule is COc1ccc(C=NNC(=O)c2ccc(Cl)cc2O)cc1COc1cc(C)c(Cl)c(C)c1. The number of amides is 1. The molecule has 0 aliphatic rings. The maximum Gasteiger partial charge on any atom is 0.275 e. The van der Waals surface area contributed by atoms with Crippen LogP contribution in [0.1, 0.15) is 32.6 Å². The van der Waals surface area contributed by atoms with Crippen molar-refractivity contribution >= 4 is 35.3 Å². The van der Waals surface area contributed by atoms with Gasteiger partial charge in [0.05, 0.1) is 18.9 Å². The standard InChI is InChI=1S/C24H22Cl2N2O4/c1-14-8-19(9-15(2)23(14)26)32-13-17-10-16(4-7-22(17)31-3)12-27-28-24(30)20-6-5-18(25)11-21(20)29/h4-12,29H,13H2,1-3H3,(H,28,30). The fourth-order valence-electron chi connectivity index (χ4n) is 3.06. The van der Waals surface area contributed by atoms with Crippen LogP contribution >= 0.6 is 23.2 Å². The summed E-state index contributed by atoms with van der Waals surface area (Å²) in [6.45, 7) is 4.13. The van der Waals surface area contributed by atoms with Gasteiger partial charge in [-0.3, -0.25) is 4.79 Å². The molecule has 3 aromatic rings. The van der Waals surface area contributed by atoms with Crippen LogP contribution in [0.3, 0.4) is 0 Å². The predicted octanol–water partition coefficient (Wildman–Crippen LogP) is 5.67. The summed E-state index contributed by atoms with van der Waals surface area (Å²) < 4.78 is 11.4. The molecular formula is C24H22Cl2N2O4. The Bertz CT molecular complexity index is 1160. The Hall–Kier alpha value is -3.22. The normalized spacial score (nSPS) is 10.9. The Labute approximate surface area is 196 Å². The smallest absolute Gasteiger partial charge is 0.275 e. The molecule has 166 valence electrons. The number of hydrogen-bond donors (Lipinski definition) is 2. The Kier molecular flexibility index (Phi) is 7.62. The highest BCUT2D eigenvalue weighted by Crippen LogP contribution is 2.28. The molecule has 0 spiro atoms. The molecule has 0 bridgehead atoms. The minimum Gasteiger partial charge on any atom is -0.507 e. The highest BCUT2D eigenvalue weighted by atomic mass is 35.5. The summed E-state index contributed by atoms with van der Waals surface area (Å²) in [5, 5.41) is 14.9. The number of halogens is 2. The quantitative estimate of drug-likeness (QED) is 0.343. The zero-order valence-electron chi connectivity index (χ0n) is 17.8. The number of methoxy groups -OCH3 is 1. The monoisotopic (exact) mass is 472 g/mol. The third-order valence-electron chi connectivity index (χ3n) is 4.69. The number of phenols is 1. The van der Waals surface area contributed by atoms with Crippen molar-refractivity contribution < 1.29 is 19.4 Å². The highest BCUT2D eigenvalue weighted by molar-refractivity contribution is 6.32. The number of aromatic hydroxyl groups is 1. The number of rotatable bonds is 7. The zero-order chi connectivity index (χ0) is 23.3. The number of carbonyl (C=O) groups excluding carboxylic acids is 1. The van der Waals surface area contributed by atoms with Gasteiger partial charge < -0.3 is 14.6 Å².